The number of benzene rings is 1. The molecule has 3 rings (SSSR count). The fraction of sp³-hybridized carbons (Fsp3) is 0.375. The van der Waals surface area contributed by atoms with Gasteiger partial charge in [0.15, 0.2) is 15.7 Å². The van der Waals surface area contributed by atoms with Gasteiger partial charge in [0.2, 0.25) is 0 Å². The van der Waals surface area contributed by atoms with Gasteiger partial charge in [-0.1, -0.05) is 0 Å². The summed E-state index contributed by atoms with van der Waals surface area (Å²) >= 11 is 0.554. The van der Waals surface area contributed by atoms with E-state index in [1.807, 2.05) is 0 Å². The van der Waals surface area contributed by atoms with Gasteiger partial charge in [0.05, 0.1) is 15.4 Å². The van der Waals surface area contributed by atoms with Gasteiger partial charge in [0.1, 0.15) is 0 Å². The average Bonchev–Trinajstić information content (AvgIpc) is 2.59. The number of fused-ring (bicyclic) bond motifs is 1. The molecular formula is C16H13F6N4OS+. The summed E-state index contributed by atoms with van der Waals surface area (Å²) in [4.78, 5) is 18.8. The van der Waals surface area contributed by atoms with E-state index in [9.17, 15) is 31.2 Å². The SMILES string of the molecule is N[N+](=O)c1cc(C(F)(F)F)ccc1Sc1nc2c(c(C(F)(F)F)n1)CCCC2. The number of nitrogens with two attached hydrogens (primary N) is 1. The molecule has 0 bridgehead atoms. The molecule has 0 aliphatic heterocycles. The molecule has 0 amide bonds. The van der Waals surface area contributed by atoms with Gasteiger partial charge in [-0.25, -0.2) is 9.97 Å². The normalized spacial score (nSPS) is 14.6. The van der Waals surface area contributed by atoms with Gasteiger partial charge >= 0.3 is 18.0 Å². The molecule has 28 heavy (non-hydrogen) atoms. The number of hydrazine groups is 1. The maximum absolute atomic E-state index is 13.4. The van der Waals surface area contributed by atoms with Crippen LogP contribution in [0.4, 0.5) is 32.0 Å². The summed E-state index contributed by atoms with van der Waals surface area (Å²) in [6, 6.07) is 2.19. The molecule has 1 aliphatic rings. The van der Waals surface area contributed by atoms with Crippen molar-refractivity contribution in [2.24, 2.45) is 5.84 Å². The summed E-state index contributed by atoms with van der Waals surface area (Å²) in [5, 5.41) is -0.309. The smallest absolute Gasteiger partial charge is 0.227 e. The van der Waals surface area contributed by atoms with Crippen molar-refractivity contribution in [2.75, 3.05) is 0 Å². The molecule has 5 nitrogen and oxygen atoms in total. The first-order valence-corrected chi connectivity index (χ1v) is 8.86. The zero-order valence-electron chi connectivity index (χ0n) is 14.1. The monoisotopic (exact) mass is 423 g/mol. The van der Waals surface area contributed by atoms with Gasteiger partial charge in [-0.15, -0.1) is 0 Å². The molecule has 0 saturated carbocycles. The molecule has 0 atom stereocenters. The van der Waals surface area contributed by atoms with Crippen LogP contribution in [-0.4, -0.2) is 14.8 Å². The number of hydrogen-bond donors (Lipinski definition) is 1. The number of aryl methyl sites for hydroxylation is 1. The Labute approximate surface area is 158 Å². The lowest BCUT2D eigenvalue weighted by atomic mass is 9.94. The summed E-state index contributed by atoms with van der Waals surface area (Å²) in [6.07, 6.45) is -7.58. The van der Waals surface area contributed by atoms with E-state index in [1.165, 1.54) is 0 Å². The Kier molecular flexibility index (Phi) is 5.26. The number of nitrogens with zero attached hydrogens (tertiary/aromatic N) is 3. The van der Waals surface area contributed by atoms with Crippen molar-refractivity contribution in [3.05, 3.63) is 45.6 Å². The number of hydrogen-bond acceptors (Lipinski definition) is 4. The first kappa shape index (κ1) is 20.4. The summed E-state index contributed by atoms with van der Waals surface area (Å²) < 4.78 is 78.7. The third-order valence-corrected chi connectivity index (χ3v) is 5.09. The predicted octanol–water partition coefficient (Wildman–Crippen LogP) is 4.83. The third kappa shape index (κ3) is 4.21. The minimum absolute atomic E-state index is 0.0417. The van der Waals surface area contributed by atoms with Crippen LogP contribution in [-0.2, 0) is 25.2 Å². The highest BCUT2D eigenvalue weighted by atomic mass is 32.2. The Morgan fingerprint density at radius 2 is 1.68 bits per heavy atom. The largest absolute Gasteiger partial charge is 0.433 e. The first-order valence-electron chi connectivity index (χ1n) is 8.05. The molecule has 0 saturated heterocycles. The lowest BCUT2D eigenvalue weighted by Gasteiger charge is -2.20. The van der Waals surface area contributed by atoms with E-state index in [1.54, 1.807) is 0 Å². The third-order valence-electron chi connectivity index (χ3n) is 4.16. The Hall–Kier alpha value is -2.37. The van der Waals surface area contributed by atoms with Crippen molar-refractivity contribution in [2.45, 2.75) is 48.1 Å². The van der Waals surface area contributed by atoms with Crippen molar-refractivity contribution in [3.63, 3.8) is 0 Å². The van der Waals surface area contributed by atoms with Gasteiger partial charge < -0.3 is 0 Å². The number of rotatable bonds is 3. The first-order chi connectivity index (χ1) is 13.0. The van der Waals surface area contributed by atoms with Crippen LogP contribution < -0.4 is 5.84 Å². The molecule has 1 aromatic heterocycles. The predicted molar refractivity (Wildman–Crippen MR) is 86.7 cm³/mol. The minimum Gasteiger partial charge on any atom is -0.227 e. The second-order valence-electron chi connectivity index (χ2n) is 6.09. The van der Waals surface area contributed by atoms with Gasteiger partial charge in [0.25, 0.3) is 0 Å². The molecule has 0 fully saturated rings. The van der Waals surface area contributed by atoms with Crippen LogP contribution in [0.3, 0.4) is 0 Å². The van der Waals surface area contributed by atoms with Gasteiger partial charge in [-0.05, 0) is 49.6 Å². The Morgan fingerprint density at radius 3 is 2.29 bits per heavy atom. The fourth-order valence-corrected chi connectivity index (χ4v) is 3.78. The molecule has 12 heteroatoms. The van der Waals surface area contributed by atoms with Crippen LogP contribution >= 0.6 is 11.8 Å². The lowest BCUT2D eigenvalue weighted by Crippen LogP contribution is -2.19. The molecule has 1 heterocycles. The van der Waals surface area contributed by atoms with Crippen LogP contribution in [0.25, 0.3) is 0 Å². The maximum Gasteiger partial charge on any atom is 0.433 e. The fourth-order valence-electron chi connectivity index (χ4n) is 2.90. The maximum atomic E-state index is 13.4. The molecule has 0 radical (unpaired) electrons. The van der Waals surface area contributed by atoms with Crippen molar-refractivity contribution in [1.82, 2.24) is 9.97 Å². The van der Waals surface area contributed by atoms with Crippen LogP contribution in [0.2, 0.25) is 0 Å². The standard InChI is InChI=1S/C16H13F6N4OS/c17-15(18,19)8-5-6-12(11(7-8)26(23)27)28-14-24-10-4-2-1-3-9(10)13(25-14)16(20,21)22/h5-7H,1-4H2,(H2,23,27)/q+1. The molecule has 0 unspecified atom stereocenters. The van der Waals surface area contributed by atoms with E-state index >= 15 is 0 Å². The molecule has 0 spiro atoms. The van der Waals surface area contributed by atoms with Crippen molar-refractivity contribution in [3.8, 4) is 0 Å². The van der Waals surface area contributed by atoms with E-state index in [0.29, 0.717) is 43.2 Å². The number of nitroso groups, excluding NO2 is 1. The van der Waals surface area contributed by atoms with Crippen molar-refractivity contribution < 1.29 is 31.2 Å². The van der Waals surface area contributed by atoms with E-state index in [4.69, 9.17) is 5.84 Å². The van der Waals surface area contributed by atoms with E-state index < -0.39 is 29.3 Å². The average molecular weight is 423 g/mol. The Morgan fingerprint density at radius 1 is 1.00 bits per heavy atom. The van der Waals surface area contributed by atoms with E-state index in [2.05, 4.69) is 9.97 Å². The second kappa shape index (κ2) is 7.22. The molecule has 1 aliphatic carbocycles. The van der Waals surface area contributed by atoms with Crippen molar-refractivity contribution in [1.29, 1.82) is 0 Å². The Bertz CT molecular complexity index is 929. The quantitative estimate of drug-likeness (QED) is 0.252. The molecule has 150 valence electrons. The lowest BCUT2D eigenvalue weighted by molar-refractivity contribution is -0.477. The highest BCUT2D eigenvalue weighted by Gasteiger charge is 2.38. The Balaban J connectivity index is 2.06. The van der Waals surface area contributed by atoms with E-state index in [-0.39, 0.29) is 32.6 Å². The summed E-state index contributed by atoms with van der Waals surface area (Å²) in [5.41, 5.74) is -2.41. The molecule has 1 aromatic carbocycles. The van der Waals surface area contributed by atoms with Gasteiger partial charge in [-0.3, -0.25) is 0 Å². The van der Waals surface area contributed by atoms with Gasteiger partial charge in [0, 0.05) is 17.3 Å². The van der Waals surface area contributed by atoms with Crippen LogP contribution in [0, 0.1) is 4.91 Å². The topological polar surface area (TPSA) is 71.9 Å². The zero-order chi connectivity index (χ0) is 20.7. The minimum atomic E-state index is -4.71. The highest BCUT2D eigenvalue weighted by molar-refractivity contribution is 7.99. The van der Waals surface area contributed by atoms with Crippen LogP contribution in [0.5, 0.6) is 0 Å². The zero-order valence-corrected chi connectivity index (χ0v) is 14.9. The highest BCUT2D eigenvalue weighted by Crippen LogP contribution is 2.40. The summed E-state index contributed by atoms with van der Waals surface area (Å²) in [5.74, 6) is 5.07. The summed E-state index contributed by atoms with van der Waals surface area (Å²) in [7, 11) is 0. The molecule has 2 N–H and O–H groups in total. The molecular weight excluding hydrogens is 410 g/mol. The number of halogens is 6. The summed E-state index contributed by atoms with van der Waals surface area (Å²) in [6.45, 7) is 0. The second-order valence-corrected chi connectivity index (χ2v) is 7.10. The van der Waals surface area contributed by atoms with Gasteiger partial charge in [-0.2, -0.15) is 32.2 Å². The van der Waals surface area contributed by atoms with Crippen LogP contribution in [0.1, 0.15) is 35.4 Å². The van der Waals surface area contributed by atoms with E-state index in [0.717, 1.165) is 6.07 Å². The van der Waals surface area contributed by atoms with Crippen LogP contribution in [0.15, 0.2) is 28.3 Å². The number of alkyl halides is 6. The molecule has 2 aromatic rings. The van der Waals surface area contributed by atoms with Crippen molar-refractivity contribution >= 4 is 17.4 Å². The number of aromatic nitrogens is 2.